The summed E-state index contributed by atoms with van der Waals surface area (Å²) < 4.78 is 5.28. The van der Waals surface area contributed by atoms with E-state index in [9.17, 15) is 4.79 Å². The number of likely N-dealkylation sites (N-methyl/N-ethyl adjacent to an activating group) is 1. The van der Waals surface area contributed by atoms with Crippen LogP contribution in [0.1, 0.15) is 34.6 Å². The summed E-state index contributed by atoms with van der Waals surface area (Å²) in [5.74, 6) is 0. The first kappa shape index (κ1) is 19.5. The van der Waals surface area contributed by atoms with E-state index in [0.717, 1.165) is 33.3 Å². The molecule has 0 saturated carbocycles. The lowest BCUT2D eigenvalue weighted by Crippen LogP contribution is -2.48. The third-order valence-corrected chi connectivity index (χ3v) is 2.15. The van der Waals surface area contributed by atoms with Crippen LogP contribution in [0.15, 0.2) is 0 Å². The molecule has 5 nitrogen and oxygen atoms in total. The van der Waals surface area contributed by atoms with Crippen molar-refractivity contribution in [2.45, 2.75) is 40.2 Å². The highest BCUT2D eigenvalue weighted by atomic mass is 16.6. The molecule has 1 saturated heterocycles. The molecule has 0 aromatic rings. The zero-order valence-corrected chi connectivity index (χ0v) is 13.0. The second-order valence-electron chi connectivity index (χ2n) is 4.77. The number of carbonyl (C=O) groups is 1. The van der Waals surface area contributed by atoms with Crippen LogP contribution in [-0.4, -0.2) is 66.9 Å². The van der Waals surface area contributed by atoms with E-state index in [1.165, 1.54) is 0 Å². The van der Waals surface area contributed by atoms with Crippen molar-refractivity contribution in [1.82, 2.24) is 9.80 Å². The lowest BCUT2D eigenvalue weighted by Gasteiger charge is -2.33. The molecular weight excluding hydrogens is 232 g/mol. The van der Waals surface area contributed by atoms with Gasteiger partial charge in [-0.15, -0.1) is 0 Å². The van der Waals surface area contributed by atoms with Gasteiger partial charge in [0.1, 0.15) is 5.60 Å². The van der Waals surface area contributed by atoms with Crippen molar-refractivity contribution < 1.29 is 14.6 Å². The average Bonchev–Trinajstić information content (AvgIpc) is 2.33. The van der Waals surface area contributed by atoms with Gasteiger partial charge in [0.2, 0.25) is 0 Å². The number of aliphatic hydroxyl groups excluding tert-OH is 1. The molecular formula is C13H30N2O3. The lowest BCUT2D eigenvalue weighted by atomic mass is 10.2. The van der Waals surface area contributed by atoms with Gasteiger partial charge in [0.15, 0.2) is 0 Å². The standard InChI is InChI=1S/C10H20N2O2.C2H6.CH4O/c1-10(2,3)14-9(13)12-7-5-11(4)6-8-12;2*1-2/h5-8H2,1-4H3;1-2H3;2H,1H3. The lowest BCUT2D eigenvalue weighted by molar-refractivity contribution is 0.0164. The maximum atomic E-state index is 11.6. The summed E-state index contributed by atoms with van der Waals surface area (Å²) in [5, 5.41) is 7.00. The quantitative estimate of drug-likeness (QED) is 0.723. The van der Waals surface area contributed by atoms with Gasteiger partial charge in [-0.05, 0) is 27.8 Å². The Bertz CT molecular complexity index is 207. The normalized spacial score (nSPS) is 15.9. The van der Waals surface area contributed by atoms with Crippen molar-refractivity contribution in [3.05, 3.63) is 0 Å². The maximum Gasteiger partial charge on any atom is 0.410 e. The Kier molecular flexibility index (Phi) is 11.0. The SMILES string of the molecule is CC.CN1CCN(C(=O)OC(C)(C)C)CC1.CO. The van der Waals surface area contributed by atoms with Gasteiger partial charge in [-0.25, -0.2) is 4.79 Å². The first-order valence-corrected chi connectivity index (χ1v) is 6.50. The molecule has 18 heavy (non-hydrogen) atoms. The molecule has 1 rings (SSSR count). The molecule has 5 heteroatoms. The summed E-state index contributed by atoms with van der Waals surface area (Å²) in [6.45, 7) is 13.1. The van der Waals surface area contributed by atoms with Crippen LogP contribution in [-0.2, 0) is 4.74 Å². The van der Waals surface area contributed by atoms with Crippen molar-refractivity contribution >= 4 is 6.09 Å². The molecule has 0 aromatic carbocycles. The second kappa shape index (κ2) is 10.1. The molecule has 0 radical (unpaired) electrons. The molecule has 0 aliphatic carbocycles. The van der Waals surface area contributed by atoms with Crippen molar-refractivity contribution in [2.75, 3.05) is 40.3 Å². The number of aliphatic hydroxyl groups is 1. The Morgan fingerprint density at radius 2 is 1.44 bits per heavy atom. The van der Waals surface area contributed by atoms with Gasteiger partial charge in [0, 0.05) is 33.3 Å². The monoisotopic (exact) mass is 262 g/mol. The van der Waals surface area contributed by atoms with Crippen LogP contribution >= 0.6 is 0 Å². The predicted octanol–water partition coefficient (Wildman–Crippen LogP) is 1.80. The average molecular weight is 262 g/mol. The van der Waals surface area contributed by atoms with Crippen LogP contribution in [0.3, 0.4) is 0 Å². The molecule has 0 atom stereocenters. The fraction of sp³-hybridized carbons (Fsp3) is 0.923. The molecule has 1 aliphatic rings. The van der Waals surface area contributed by atoms with E-state index < -0.39 is 0 Å². The Morgan fingerprint density at radius 3 is 1.78 bits per heavy atom. The van der Waals surface area contributed by atoms with E-state index in [2.05, 4.69) is 11.9 Å². The highest BCUT2D eigenvalue weighted by Crippen LogP contribution is 2.11. The first-order chi connectivity index (χ1) is 8.38. The molecule has 1 N–H and O–H groups in total. The minimum absolute atomic E-state index is 0.189. The number of ether oxygens (including phenoxy) is 1. The fourth-order valence-corrected chi connectivity index (χ4v) is 1.32. The molecule has 1 fully saturated rings. The first-order valence-electron chi connectivity index (χ1n) is 6.50. The Morgan fingerprint density at radius 1 is 1.06 bits per heavy atom. The van der Waals surface area contributed by atoms with Crippen molar-refractivity contribution in [3.8, 4) is 0 Å². The van der Waals surface area contributed by atoms with Crippen LogP contribution in [0.5, 0.6) is 0 Å². The molecule has 0 spiro atoms. The number of nitrogens with zero attached hydrogens (tertiary/aromatic N) is 2. The zero-order valence-electron chi connectivity index (χ0n) is 13.0. The molecule has 1 amide bonds. The minimum atomic E-state index is -0.388. The third-order valence-electron chi connectivity index (χ3n) is 2.15. The van der Waals surface area contributed by atoms with Crippen LogP contribution in [0.2, 0.25) is 0 Å². The minimum Gasteiger partial charge on any atom is -0.444 e. The highest BCUT2D eigenvalue weighted by molar-refractivity contribution is 5.68. The third kappa shape index (κ3) is 9.24. The number of hydrogen-bond donors (Lipinski definition) is 1. The Balaban J connectivity index is 0. The van der Waals surface area contributed by atoms with Crippen molar-refractivity contribution in [1.29, 1.82) is 0 Å². The van der Waals surface area contributed by atoms with Crippen molar-refractivity contribution in [3.63, 3.8) is 0 Å². The molecule has 0 unspecified atom stereocenters. The molecule has 1 heterocycles. The zero-order chi connectivity index (χ0) is 14.8. The summed E-state index contributed by atoms with van der Waals surface area (Å²) in [4.78, 5) is 15.6. The van der Waals surface area contributed by atoms with Gasteiger partial charge < -0.3 is 19.6 Å². The number of rotatable bonds is 0. The van der Waals surface area contributed by atoms with Gasteiger partial charge in [0.05, 0.1) is 0 Å². The predicted molar refractivity (Wildman–Crippen MR) is 74.8 cm³/mol. The summed E-state index contributed by atoms with van der Waals surface area (Å²) in [6, 6.07) is 0. The van der Waals surface area contributed by atoms with Crippen LogP contribution in [0, 0.1) is 0 Å². The molecule has 110 valence electrons. The van der Waals surface area contributed by atoms with Gasteiger partial charge >= 0.3 is 6.09 Å². The topological polar surface area (TPSA) is 53.0 Å². The summed E-state index contributed by atoms with van der Waals surface area (Å²) in [6.07, 6.45) is -0.189. The van der Waals surface area contributed by atoms with Crippen molar-refractivity contribution in [2.24, 2.45) is 0 Å². The van der Waals surface area contributed by atoms with E-state index in [1.807, 2.05) is 34.6 Å². The van der Waals surface area contributed by atoms with E-state index in [4.69, 9.17) is 9.84 Å². The summed E-state index contributed by atoms with van der Waals surface area (Å²) in [5.41, 5.74) is -0.388. The van der Waals surface area contributed by atoms with Gasteiger partial charge in [-0.2, -0.15) is 0 Å². The van der Waals surface area contributed by atoms with Gasteiger partial charge in [0.25, 0.3) is 0 Å². The second-order valence-corrected chi connectivity index (χ2v) is 4.77. The van der Waals surface area contributed by atoms with E-state index >= 15 is 0 Å². The number of carbonyl (C=O) groups excluding carboxylic acids is 1. The largest absolute Gasteiger partial charge is 0.444 e. The molecule has 1 aliphatic heterocycles. The van der Waals surface area contributed by atoms with Crippen LogP contribution in [0.25, 0.3) is 0 Å². The van der Waals surface area contributed by atoms with E-state index in [-0.39, 0.29) is 11.7 Å². The highest BCUT2D eigenvalue weighted by Gasteiger charge is 2.24. The van der Waals surface area contributed by atoms with E-state index in [0.29, 0.717) is 0 Å². The fourth-order valence-electron chi connectivity index (χ4n) is 1.32. The summed E-state index contributed by atoms with van der Waals surface area (Å²) in [7, 11) is 3.06. The van der Waals surface area contributed by atoms with Gasteiger partial charge in [-0.3, -0.25) is 0 Å². The number of piperazine rings is 1. The number of amides is 1. The number of hydrogen-bond acceptors (Lipinski definition) is 4. The Hall–Kier alpha value is -0.810. The Labute approximate surface area is 112 Å². The summed E-state index contributed by atoms with van der Waals surface area (Å²) >= 11 is 0. The molecule has 0 bridgehead atoms. The maximum absolute atomic E-state index is 11.6. The van der Waals surface area contributed by atoms with E-state index in [1.54, 1.807) is 4.90 Å². The van der Waals surface area contributed by atoms with Crippen LogP contribution in [0.4, 0.5) is 4.79 Å². The van der Waals surface area contributed by atoms with Crippen LogP contribution < -0.4 is 0 Å². The van der Waals surface area contributed by atoms with Gasteiger partial charge in [-0.1, -0.05) is 13.8 Å². The smallest absolute Gasteiger partial charge is 0.410 e. The molecule has 0 aromatic heterocycles.